The second kappa shape index (κ2) is 3.62. The highest BCUT2D eigenvalue weighted by atomic mass is 15.0. The average Bonchev–Trinajstić information content (AvgIpc) is 3.00. The second-order valence-corrected chi connectivity index (χ2v) is 4.13. The van der Waals surface area contributed by atoms with Gasteiger partial charge in [0.15, 0.2) is 5.65 Å². The van der Waals surface area contributed by atoms with E-state index >= 15 is 0 Å². The molecule has 2 heterocycles. The lowest BCUT2D eigenvalue weighted by atomic mass is 10.4. The quantitative estimate of drug-likeness (QED) is 0.810. The number of nitrogens with zero attached hydrogens (tertiary/aromatic N) is 3. The predicted molar refractivity (Wildman–Crippen MR) is 57.4 cm³/mol. The lowest BCUT2D eigenvalue weighted by Gasteiger charge is -2.02. The Kier molecular flexibility index (Phi) is 2.14. The van der Waals surface area contributed by atoms with Gasteiger partial charge >= 0.3 is 0 Å². The minimum Gasteiger partial charge on any atom is -0.311 e. The van der Waals surface area contributed by atoms with Crippen LogP contribution in [-0.2, 0) is 6.54 Å². The van der Waals surface area contributed by atoms with Crippen molar-refractivity contribution in [1.29, 1.82) is 0 Å². The Morgan fingerprint density at radius 2 is 2.33 bits per heavy atom. The van der Waals surface area contributed by atoms with Crippen molar-refractivity contribution in [3.05, 3.63) is 30.5 Å². The zero-order valence-corrected chi connectivity index (χ0v) is 8.56. The molecular weight excluding hydrogens is 188 g/mol. The smallest absolute Gasteiger partial charge is 0.155 e. The van der Waals surface area contributed by atoms with Gasteiger partial charge in [-0.15, -0.1) is 0 Å². The number of hydrogen-bond acceptors (Lipinski definition) is 3. The predicted octanol–water partition coefficient (Wildman–Crippen LogP) is 1.23. The number of imidazole rings is 1. The van der Waals surface area contributed by atoms with Gasteiger partial charge in [-0.2, -0.15) is 0 Å². The van der Waals surface area contributed by atoms with Gasteiger partial charge in [0, 0.05) is 18.9 Å². The second-order valence-electron chi connectivity index (χ2n) is 4.13. The van der Waals surface area contributed by atoms with E-state index in [2.05, 4.69) is 19.7 Å². The number of rotatable bonds is 4. The summed E-state index contributed by atoms with van der Waals surface area (Å²) in [4.78, 5) is 8.33. The summed E-state index contributed by atoms with van der Waals surface area (Å²) in [6.45, 7) is 2.03. The van der Waals surface area contributed by atoms with Crippen LogP contribution in [-0.4, -0.2) is 20.9 Å². The third-order valence-corrected chi connectivity index (χ3v) is 2.83. The first-order valence-electron chi connectivity index (χ1n) is 5.40. The van der Waals surface area contributed by atoms with E-state index in [9.17, 15) is 0 Å². The van der Waals surface area contributed by atoms with Crippen LogP contribution in [0.15, 0.2) is 24.8 Å². The number of hydrogen-bond donors (Lipinski definition) is 1. The molecule has 78 valence electrons. The summed E-state index contributed by atoms with van der Waals surface area (Å²) in [5.41, 5.74) is 2.12. The third kappa shape index (κ3) is 1.85. The van der Waals surface area contributed by atoms with Crippen LogP contribution in [0.1, 0.15) is 18.5 Å². The van der Waals surface area contributed by atoms with Crippen molar-refractivity contribution < 1.29 is 0 Å². The summed E-state index contributed by atoms with van der Waals surface area (Å²) in [5, 5.41) is 3.46. The van der Waals surface area contributed by atoms with Gasteiger partial charge in [-0.3, -0.25) is 9.38 Å². The number of nitrogens with one attached hydrogen (secondary N) is 1. The van der Waals surface area contributed by atoms with Gasteiger partial charge in [-0.05, 0) is 25.3 Å². The van der Waals surface area contributed by atoms with Crippen molar-refractivity contribution >= 4 is 5.65 Å². The van der Waals surface area contributed by atoms with Crippen LogP contribution in [0.4, 0.5) is 0 Å². The Labute approximate surface area is 88.4 Å². The van der Waals surface area contributed by atoms with Gasteiger partial charge in [0.25, 0.3) is 0 Å². The van der Waals surface area contributed by atoms with Crippen molar-refractivity contribution in [2.24, 2.45) is 5.92 Å². The average molecular weight is 202 g/mol. The fourth-order valence-electron chi connectivity index (χ4n) is 1.75. The van der Waals surface area contributed by atoms with Crippen LogP contribution < -0.4 is 5.32 Å². The van der Waals surface area contributed by atoms with E-state index < -0.39 is 0 Å². The van der Waals surface area contributed by atoms with Crippen LogP contribution in [0.2, 0.25) is 0 Å². The maximum absolute atomic E-state index is 4.29. The molecule has 1 N–H and O–H groups in total. The largest absolute Gasteiger partial charge is 0.311 e. The molecule has 0 saturated heterocycles. The molecule has 0 amide bonds. The van der Waals surface area contributed by atoms with Gasteiger partial charge in [0.05, 0.1) is 18.1 Å². The molecule has 1 fully saturated rings. The maximum atomic E-state index is 4.29. The monoisotopic (exact) mass is 202 g/mol. The van der Waals surface area contributed by atoms with E-state index in [0.29, 0.717) is 0 Å². The Hall–Kier alpha value is -1.42. The molecule has 0 aromatic carbocycles. The molecule has 0 bridgehead atoms. The normalized spacial score (nSPS) is 16.0. The Balaban J connectivity index is 1.72. The van der Waals surface area contributed by atoms with Crippen LogP contribution in [0.25, 0.3) is 5.65 Å². The molecule has 15 heavy (non-hydrogen) atoms. The Morgan fingerprint density at radius 1 is 1.40 bits per heavy atom. The van der Waals surface area contributed by atoms with E-state index in [4.69, 9.17) is 0 Å². The van der Waals surface area contributed by atoms with Crippen molar-refractivity contribution in [1.82, 2.24) is 19.7 Å². The molecule has 0 spiro atoms. The highest BCUT2D eigenvalue weighted by Crippen LogP contribution is 2.27. The van der Waals surface area contributed by atoms with Gasteiger partial charge in [-0.1, -0.05) is 0 Å². The minimum absolute atomic E-state index is 0.891. The molecule has 4 heteroatoms. The highest BCUT2D eigenvalue weighted by molar-refractivity contribution is 5.36. The highest BCUT2D eigenvalue weighted by Gasteiger charge is 2.20. The fraction of sp³-hybridized carbons (Fsp3) is 0.455. The molecule has 0 aliphatic heterocycles. The van der Waals surface area contributed by atoms with E-state index in [-0.39, 0.29) is 0 Å². The fourth-order valence-corrected chi connectivity index (χ4v) is 1.75. The van der Waals surface area contributed by atoms with Gasteiger partial charge in [0.1, 0.15) is 0 Å². The van der Waals surface area contributed by atoms with E-state index in [1.807, 2.05) is 12.4 Å². The summed E-state index contributed by atoms with van der Waals surface area (Å²) in [5.74, 6) is 0.922. The molecule has 0 atom stereocenters. The molecule has 0 unspecified atom stereocenters. The lowest BCUT2D eigenvalue weighted by Crippen LogP contribution is -2.17. The molecular formula is C11H14N4. The van der Waals surface area contributed by atoms with E-state index in [1.54, 1.807) is 12.4 Å². The molecule has 2 aromatic heterocycles. The van der Waals surface area contributed by atoms with Gasteiger partial charge in [-0.25, -0.2) is 4.98 Å². The molecule has 3 rings (SSSR count). The molecule has 1 saturated carbocycles. The lowest BCUT2D eigenvalue weighted by molar-refractivity contribution is 0.627. The number of aromatic nitrogens is 3. The summed E-state index contributed by atoms with van der Waals surface area (Å²) in [6, 6.07) is 0. The first kappa shape index (κ1) is 8.85. The standard InChI is InChI=1S/C11H14N4/c1-2-9(1)5-13-6-10-7-14-11-8-12-3-4-15(10)11/h3-4,7-9,13H,1-2,5-6H2. The minimum atomic E-state index is 0.891. The van der Waals surface area contributed by atoms with Crippen molar-refractivity contribution in [2.45, 2.75) is 19.4 Å². The molecule has 4 nitrogen and oxygen atoms in total. The topological polar surface area (TPSA) is 42.2 Å². The van der Waals surface area contributed by atoms with Crippen LogP contribution in [0, 0.1) is 5.92 Å². The Bertz CT molecular complexity index is 458. The molecule has 1 aliphatic rings. The van der Waals surface area contributed by atoms with Gasteiger partial charge in [0.2, 0.25) is 0 Å². The zero-order valence-electron chi connectivity index (χ0n) is 8.56. The summed E-state index contributed by atoms with van der Waals surface area (Å²) in [6.07, 6.45) is 10.2. The third-order valence-electron chi connectivity index (χ3n) is 2.83. The molecule has 0 radical (unpaired) electrons. The number of fused-ring (bicyclic) bond motifs is 1. The zero-order chi connectivity index (χ0) is 10.1. The summed E-state index contributed by atoms with van der Waals surface area (Å²) < 4.78 is 2.08. The van der Waals surface area contributed by atoms with Crippen LogP contribution in [0.3, 0.4) is 0 Å². The Morgan fingerprint density at radius 3 is 3.20 bits per heavy atom. The molecule has 1 aliphatic carbocycles. The van der Waals surface area contributed by atoms with Gasteiger partial charge < -0.3 is 5.32 Å². The first-order chi connectivity index (χ1) is 7.43. The van der Waals surface area contributed by atoms with E-state index in [1.165, 1.54) is 18.5 Å². The maximum Gasteiger partial charge on any atom is 0.155 e. The van der Waals surface area contributed by atoms with Crippen molar-refractivity contribution in [2.75, 3.05) is 6.54 Å². The van der Waals surface area contributed by atoms with Crippen LogP contribution >= 0.6 is 0 Å². The van der Waals surface area contributed by atoms with Crippen molar-refractivity contribution in [3.63, 3.8) is 0 Å². The van der Waals surface area contributed by atoms with Crippen LogP contribution in [0.5, 0.6) is 0 Å². The molecule has 2 aromatic rings. The SMILES string of the molecule is c1cn2c(CNCC3CC3)cnc2cn1. The summed E-state index contributed by atoms with van der Waals surface area (Å²) in [7, 11) is 0. The first-order valence-corrected chi connectivity index (χ1v) is 5.40. The van der Waals surface area contributed by atoms with Crippen molar-refractivity contribution in [3.8, 4) is 0 Å². The summed E-state index contributed by atoms with van der Waals surface area (Å²) >= 11 is 0. The van der Waals surface area contributed by atoms with E-state index in [0.717, 1.165) is 24.7 Å².